The van der Waals surface area contributed by atoms with Crippen molar-refractivity contribution in [3.63, 3.8) is 0 Å². The molecule has 12 rings (SSSR count). The molecule has 0 saturated heterocycles. The average Bonchev–Trinajstić information content (AvgIpc) is 3.87. The number of nitrogens with zero attached hydrogens (tertiary/aromatic N) is 2. The summed E-state index contributed by atoms with van der Waals surface area (Å²) in [5.74, 6) is 0. The lowest BCUT2D eigenvalue weighted by Gasteiger charge is -2.28. The van der Waals surface area contributed by atoms with Crippen LogP contribution in [0.4, 0.5) is 17.1 Å². The molecule has 61 heavy (non-hydrogen) atoms. The standard InChI is InChI=1S/C58H38N2O/c1-2-14-39(15-3-1)41-18-12-19-42(36-41)40-28-30-45(31-29-40)59(46-32-34-47(35-33-46)60-54-25-10-6-20-48(54)49-21-7-11-26-55(49)60)53-24-9-8-22-50(53)51-23-13-27-56-58(51)52-37-43-16-4-5-17-44(43)38-57(52)61-56/h1-38H. The topological polar surface area (TPSA) is 21.3 Å². The summed E-state index contributed by atoms with van der Waals surface area (Å²) in [6.07, 6.45) is 0. The Morgan fingerprint density at radius 3 is 1.61 bits per heavy atom. The fourth-order valence-electron chi connectivity index (χ4n) is 9.32. The first-order valence-corrected chi connectivity index (χ1v) is 20.8. The predicted molar refractivity (Wildman–Crippen MR) is 257 cm³/mol. The molecular formula is C58H38N2O. The molecule has 0 saturated carbocycles. The summed E-state index contributed by atoms with van der Waals surface area (Å²) in [6, 6.07) is 82.9. The molecule has 3 heteroatoms. The second-order valence-corrected chi connectivity index (χ2v) is 15.7. The maximum absolute atomic E-state index is 6.58. The van der Waals surface area contributed by atoms with Gasteiger partial charge in [0.15, 0.2) is 0 Å². The van der Waals surface area contributed by atoms with Crippen molar-refractivity contribution in [3.05, 3.63) is 231 Å². The lowest BCUT2D eigenvalue weighted by atomic mass is 9.96. The number of furan rings is 1. The summed E-state index contributed by atoms with van der Waals surface area (Å²) in [5, 5.41) is 7.10. The zero-order chi connectivity index (χ0) is 40.3. The van der Waals surface area contributed by atoms with E-state index in [4.69, 9.17) is 4.42 Å². The summed E-state index contributed by atoms with van der Waals surface area (Å²) >= 11 is 0. The van der Waals surface area contributed by atoms with Crippen LogP contribution in [0.25, 0.3) is 93.6 Å². The molecule has 0 atom stereocenters. The van der Waals surface area contributed by atoms with Gasteiger partial charge in [-0.3, -0.25) is 0 Å². The van der Waals surface area contributed by atoms with Gasteiger partial charge in [0.1, 0.15) is 11.2 Å². The largest absolute Gasteiger partial charge is 0.456 e. The molecule has 0 bridgehead atoms. The number of aromatic nitrogens is 1. The normalized spacial score (nSPS) is 11.6. The van der Waals surface area contributed by atoms with Gasteiger partial charge in [-0.1, -0.05) is 152 Å². The van der Waals surface area contributed by atoms with Crippen molar-refractivity contribution in [2.45, 2.75) is 0 Å². The van der Waals surface area contributed by atoms with Gasteiger partial charge in [-0.15, -0.1) is 0 Å². The van der Waals surface area contributed by atoms with Crippen LogP contribution in [0.5, 0.6) is 0 Å². The van der Waals surface area contributed by atoms with Crippen LogP contribution in [-0.2, 0) is 0 Å². The number of anilines is 3. The third-order valence-corrected chi connectivity index (χ3v) is 12.2. The minimum Gasteiger partial charge on any atom is -0.456 e. The molecule has 0 aliphatic heterocycles. The van der Waals surface area contributed by atoms with Gasteiger partial charge in [-0.25, -0.2) is 0 Å². The van der Waals surface area contributed by atoms with Crippen molar-refractivity contribution in [3.8, 4) is 39.1 Å². The van der Waals surface area contributed by atoms with E-state index in [0.29, 0.717) is 0 Å². The fraction of sp³-hybridized carbons (Fsp3) is 0. The third-order valence-electron chi connectivity index (χ3n) is 12.2. The Balaban J connectivity index is 1.03. The molecule has 286 valence electrons. The van der Waals surface area contributed by atoms with Crippen LogP contribution in [0.15, 0.2) is 235 Å². The Labute approximate surface area is 353 Å². The Bertz CT molecular complexity index is 3520. The SMILES string of the molecule is c1ccc(-c2cccc(-c3ccc(N(c4ccc(-n5c6ccccc6c6ccccc65)cc4)c4ccccc4-c4cccc5oc6cc7ccccc7cc6c45)cc3)c2)cc1. The van der Waals surface area contributed by atoms with Crippen LogP contribution in [0.3, 0.4) is 0 Å². The highest BCUT2D eigenvalue weighted by Gasteiger charge is 2.21. The van der Waals surface area contributed by atoms with E-state index < -0.39 is 0 Å². The van der Waals surface area contributed by atoms with E-state index in [1.165, 1.54) is 54.8 Å². The zero-order valence-corrected chi connectivity index (χ0v) is 33.2. The molecule has 0 fully saturated rings. The van der Waals surface area contributed by atoms with Crippen LogP contribution in [0.1, 0.15) is 0 Å². The molecule has 12 aromatic rings. The zero-order valence-electron chi connectivity index (χ0n) is 33.2. The third kappa shape index (κ3) is 5.90. The molecule has 3 nitrogen and oxygen atoms in total. The van der Waals surface area contributed by atoms with Crippen LogP contribution < -0.4 is 4.90 Å². The van der Waals surface area contributed by atoms with Crippen molar-refractivity contribution < 1.29 is 4.42 Å². The van der Waals surface area contributed by atoms with Gasteiger partial charge in [-0.05, 0) is 117 Å². The summed E-state index contributed by atoms with van der Waals surface area (Å²) in [7, 11) is 0. The maximum Gasteiger partial charge on any atom is 0.136 e. The minimum atomic E-state index is 0.877. The fourth-order valence-corrected chi connectivity index (χ4v) is 9.32. The highest BCUT2D eigenvalue weighted by atomic mass is 16.3. The second kappa shape index (κ2) is 14.3. The molecule has 0 unspecified atom stereocenters. The first-order chi connectivity index (χ1) is 30.2. The van der Waals surface area contributed by atoms with Crippen molar-refractivity contribution >= 4 is 71.6 Å². The van der Waals surface area contributed by atoms with Gasteiger partial charge < -0.3 is 13.9 Å². The summed E-state index contributed by atoms with van der Waals surface area (Å²) < 4.78 is 8.95. The Morgan fingerprint density at radius 2 is 0.885 bits per heavy atom. The lowest BCUT2D eigenvalue weighted by molar-refractivity contribution is 0.669. The average molecular weight is 779 g/mol. The molecule has 0 amide bonds. The Hall–Kier alpha value is -8.14. The molecule has 0 spiro atoms. The van der Waals surface area contributed by atoms with E-state index in [-0.39, 0.29) is 0 Å². The van der Waals surface area contributed by atoms with E-state index in [2.05, 4.69) is 240 Å². The quantitative estimate of drug-likeness (QED) is 0.161. The number of fused-ring (bicyclic) bond motifs is 7. The van der Waals surface area contributed by atoms with Crippen molar-refractivity contribution in [2.24, 2.45) is 0 Å². The highest BCUT2D eigenvalue weighted by molar-refractivity contribution is 6.16. The molecular weight excluding hydrogens is 741 g/mol. The number of hydrogen-bond acceptors (Lipinski definition) is 2. The van der Waals surface area contributed by atoms with Crippen LogP contribution in [0.2, 0.25) is 0 Å². The summed E-state index contributed by atoms with van der Waals surface area (Å²) in [5.41, 5.74) is 15.5. The van der Waals surface area contributed by atoms with Gasteiger partial charge in [-0.2, -0.15) is 0 Å². The summed E-state index contributed by atoms with van der Waals surface area (Å²) in [6.45, 7) is 0. The Morgan fingerprint density at radius 1 is 0.344 bits per heavy atom. The maximum atomic E-state index is 6.58. The molecule has 2 aromatic heterocycles. The molecule has 10 aromatic carbocycles. The van der Waals surface area contributed by atoms with Gasteiger partial charge in [0, 0.05) is 44.2 Å². The number of rotatable bonds is 7. The monoisotopic (exact) mass is 778 g/mol. The van der Waals surface area contributed by atoms with Crippen molar-refractivity contribution in [2.75, 3.05) is 4.90 Å². The van der Waals surface area contributed by atoms with E-state index in [0.717, 1.165) is 55.8 Å². The van der Waals surface area contributed by atoms with E-state index in [1.807, 2.05) is 0 Å². The lowest BCUT2D eigenvalue weighted by Crippen LogP contribution is -2.11. The molecule has 0 N–H and O–H groups in total. The van der Waals surface area contributed by atoms with Crippen LogP contribution >= 0.6 is 0 Å². The first kappa shape index (κ1) is 34.9. The van der Waals surface area contributed by atoms with Gasteiger partial charge in [0.2, 0.25) is 0 Å². The van der Waals surface area contributed by atoms with Gasteiger partial charge in [0.05, 0.1) is 16.7 Å². The van der Waals surface area contributed by atoms with Crippen LogP contribution in [-0.4, -0.2) is 4.57 Å². The smallest absolute Gasteiger partial charge is 0.136 e. The van der Waals surface area contributed by atoms with Crippen LogP contribution in [0, 0.1) is 0 Å². The van der Waals surface area contributed by atoms with Crippen molar-refractivity contribution in [1.29, 1.82) is 0 Å². The number of benzene rings is 10. The van der Waals surface area contributed by atoms with Gasteiger partial charge in [0.25, 0.3) is 0 Å². The minimum absolute atomic E-state index is 0.877. The number of para-hydroxylation sites is 3. The first-order valence-electron chi connectivity index (χ1n) is 20.8. The van der Waals surface area contributed by atoms with E-state index in [9.17, 15) is 0 Å². The highest BCUT2D eigenvalue weighted by Crippen LogP contribution is 2.46. The molecule has 0 aliphatic carbocycles. The van der Waals surface area contributed by atoms with Crippen molar-refractivity contribution in [1.82, 2.24) is 4.57 Å². The summed E-state index contributed by atoms with van der Waals surface area (Å²) in [4.78, 5) is 2.39. The van der Waals surface area contributed by atoms with E-state index in [1.54, 1.807) is 0 Å². The van der Waals surface area contributed by atoms with E-state index >= 15 is 0 Å². The molecule has 2 heterocycles. The second-order valence-electron chi connectivity index (χ2n) is 15.7. The number of hydrogen-bond donors (Lipinski definition) is 0. The predicted octanol–water partition coefficient (Wildman–Crippen LogP) is 16.3. The molecule has 0 aliphatic rings. The molecule has 0 radical (unpaired) electrons. The van der Waals surface area contributed by atoms with Gasteiger partial charge >= 0.3 is 0 Å². The Kier molecular flexibility index (Phi) is 8.17.